The summed E-state index contributed by atoms with van der Waals surface area (Å²) in [6.45, 7) is 1.00. The van der Waals surface area contributed by atoms with Crippen molar-refractivity contribution in [3.8, 4) is 0 Å². The van der Waals surface area contributed by atoms with Crippen LogP contribution in [0.3, 0.4) is 0 Å². The SMILES string of the molecule is O=[N+]([O-])c1cc(Br)c2c(c1)COC2. The molecule has 1 aliphatic heterocycles. The molecule has 1 aliphatic rings. The van der Waals surface area contributed by atoms with Gasteiger partial charge in [-0.25, -0.2) is 0 Å². The number of nitro benzene ring substituents is 1. The summed E-state index contributed by atoms with van der Waals surface area (Å²) in [5.74, 6) is 0. The van der Waals surface area contributed by atoms with Crippen molar-refractivity contribution in [3.63, 3.8) is 0 Å². The number of ether oxygens (including phenoxy) is 1. The molecule has 0 amide bonds. The molecule has 0 unspecified atom stereocenters. The van der Waals surface area contributed by atoms with E-state index in [9.17, 15) is 10.1 Å². The fourth-order valence-electron chi connectivity index (χ4n) is 1.34. The molecule has 0 aliphatic carbocycles. The highest BCUT2D eigenvalue weighted by Gasteiger charge is 2.19. The van der Waals surface area contributed by atoms with Crippen molar-refractivity contribution >= 4 is 21.6 Å². The summed E-state index contributed by atoms with van der Waals surface area (Å²) >= 11 is 3.28. The number of non-ortho nitro benzene ring substituents is 1. The average molecular weight is 244 g/mol. The standard InChI is InChI=1S/C8H6BrNO3/c9-8-2-6(10(11)12)1-5-3-13-4-7(5)8/h1-2H,3-4H2. The molecule has 0 bridgehead atoms. The van der Waals surface area contributed by atoms with Crippen LogP contribution in [0, 0.1) is 10.1 Å². The van der Waals surface area contributed by atoms with Gasteiger partial charge in [0.25, 0.3) is 5.69 Å². The second kappa shape index (κ2) is 3.08. The Morgan fingerprint density at radius 1 is 1.46 bits per heavy atom. The van der Waals surface area contributed by atoms with Crippen molar-refractivity contribution in [2.45, 2.75) is 13.2 Å². The molecule has 1 heterocycles. The Bertz CT molecular complexity index is 378. The molecule has 4 nitrogen and oxygen atoms in total. The van der Waals surface area contributed by atoms with E-state index in [1.165, 1.54) is 6.07 Å². The van der Waals surface area contributed by atoms with Crippen LogP contribution in [0.15, 0.2) is 16.6 Å². The van der Waals surface area contributed by atoms with Crippen LogP contribution in [0.5, 0.6) is 0 Å². The minimum absolute atomic E-state index is 0.108. The molecule has 0 spiro atoms. The second-order valence-electron chi connectivity index (χ2n) is 2.82. The van der Waals surface area contributed by atoms with Gasteiger partial charge in [-0.15, -0.1) is 0 Å². The lowest BCUT2D eigenvalue weighted by Crippen LogP contribution is -1.91. The number of rotatable bonds is 1. The van der Waals surface area contributed by atoms with Crippen LogP contribution in [0.1, 0.15) is 11.1 Å². The smallest absolute Gasteiger partial charge is 0.270 e. The van der Waals surface area contributed by atoms with Crippen LogP contribution in [-0.4, -0.2) is 4.92 Å². The summed E-state index contributed by atoms with van der Waals surface area (Å²) in [7, 11) is 0. The van der Waals surface area contributed by atoms with Crippen molar-refractivity contribution < 1.29 is 9.66 Å². The minimum atomic E-state index is -0.399. The minimum Gasteiger partial charge on any atom is -0.372 e. The summed E-state index contributed by atoms with van der Waals surface area (Å²) in [6.07, 6.45) is 0. The van der Waals surface area contributed by atoms with E-state index in [0.717, 1.165) is 15.6 Å². The van der Waals surface area contributed by atoms with E-state index in [2.05, 4.69) is 15.9 Å². The third-order valence-electron chi connectivity index (χ3n) is 1.99. The van der Waals surface area contributed by atoms with Crippen molar-refractivity contribution in [2.24, 2.45) is 0 Å². The first-order chi connectivity index (χ1) is 6.18. The molecule has 1 aromatic rings. The maximum Gasteiger partial charge on any atom is 0.270 e. The largest absolute Gasteiger partial charge is 0.372 e. The fraction of sp³-hybridized carbons (Fsp3) is 0.250. The van der Waals surface area contributed by atoms with Crippen LogP contribution in [0.25, 0.3) is 0 Å². The van der Waals surface area contributed by atoms with Gasteiger partial charge in [0.2, 0.25) is 0 Å². The van der Waals surface area contributed by atoms with Gasteiger partial charge in [-0.3, -0.25) is 10.1 Å². The average Bonchev–Trinajstić information content (AvgIpc) is 2.51. The summed E-state index contributed by atoms with van der Waals surface area (Å²) in [4.78, 5) is 10.1. The molecule has 0 atom stereocenters. The highest BCUT2D eigenvalue weighted by Crippen LogP contribution is 2.31. The lowest BCUT2D eigenvalue weighted by atomic mass is 10.1. The van der Waals surface area contributed by atoms with E-state index in [4.69, 9.17) is 4.74 Å². The van der Waals surface area contributed by atoms with E-state index in [1.54, 1.807) is 6.07 Å². The lowest BCUT2D eigenvalue weighted by molar-refractivity contribution is -0.385. The monoisotopic (exact) mass is 243 g/mol. The van der Waals surface area contributed by atoms with Gasteiger partial charge >= 0.3 is 0 Å². The van der Waals surface area contributed by atoms with Gasteiger partial charge in [0, 0.05) is 16.6 Å². The third-order valence-corrected chi connectivity index (χ3v) is 2.69. The van der Waals surface area contributed by atoms with Crippen LogP contribution < -0.4 is 0 Å². The summed E-state index contributed by atoms with van der Waals surface area (Å²) in [6, 6.07) is 3.07. The molecule has 0 aromatic heterocycles. The Balaban J connectivity index is 2.55. The number of hydrogen-bond donors (Lipinski definition) is 0. The van der Waals surface area contributed by atoms with Crippen molar-refractivity contribution in [1.29, 1.82) is 0 Å². The molecule has 0 fully saturated rings. The van der Waals surface area contributed by atoms with Gasteiger partial charge in [0.05, 0.1) is 18.1 Å². The number of fused-ring (bicyclic) bond motifs is 1. The maximum atomic E-state index is 10.5. The Labute approximate surface area is 82.8 Å². The Kier molecular flexibility index (Phi) is 2.05. The van der Waals surface area contributed by atoms with Crippen molar-refractivity contribution in [1.82, 2.24) is 0 Å². The van der Waals surface area contributed by atoms with E-state index in [0.29, 0.717) is 13.2 Å². The summed E-state index contributed by atoms with van der Waals surface area (Å²) < 4.78 is 5.94. The molecule has 0 saturated carbocycles. The number of halogens is 1. The molecule has 13 heavy (non-hydrogen) atoms. The summed E-state index contributed by atoms with van der Waals surface area (Å²) in [5, 5.41) is 10.5. The predicted octanol–water partition coefficient (Wildman–Crippen LogP) is 2.39. The molecule has 2 rings (SSSR count). The predicted molar refractivity (Wildman–Crippen MR) is 49.3 cm³/mol. The van der Waals surface area contributed by atoms with Gasteiger partial charge in [-0.2, -0.15) is 0 Å². The van der Waals surface area contributed by atoms with Gasteiger partial charge in [0.1, 0.15) is 0 Å². The Hall–Kier alpha value is -0.940. The van der Waals surface area contributed by atoms with Crippen molar-refractivity contribution in [3.05, 3.63) is 37.8 Å². The Morgan fingerprint density at radius 2 is 2.23 bits per heavy atom. The van der Waals surface area contributed by atoms with Gasteiger partial charge in [0.15, 0.2) is 0 Å². The van der Waals surface area contributed by atoms with Crippen LogP contribution in [0.4, 0.5) is 5.69 Å². The van der Waals surface area contributed by atoms with Gasteiger partial charge in [-0.1, -0.05) is 15.9 Å². The topological polar surface area (TPSA) is 52.4 Å². The zero-order valence-electron chi connectivity index (χ0n) is 6.62. The number of nitro groups is 1. The first-order valence-corrected chi connectivity index (χ1v) is 4.51. The highest BCUT2D eigenvalue weighted by atomic mass is 79.9. The molecule has 5 heteroatoms. The zero-order chi connectivity index (χ0) is 9.42. The number of benzene rings is 1. The van der Waals surface area contributed by atoms with Crippen LogP contribution in [0.2, 0.25) is 0 Å². The van der Waals surface area contributed by atoms with E-state index < -0.39 is 4.92 Å². The Morgan fingerprint density at radius 3 is 2.92 bits per heavy atom. The number of hydrogen-bond acceptors (Lipinski definition) is 3. The van der Waals surface area contributed by atoms with Gasteiger partial charge < -0.3 is 4.74 Å². The van der Waals surface area contributed by atoms with E-state index in [-0.39, 0.29) is 5.69 Å². The molecule has 0 N–H and O–H groups in total. The van der Waals surface area contributed by atoms with Crippen molar-refractivity contribution in [2.75, 3.05) is 0 Å². The summed E-state index contributed by atoms with van der Waals surface area (Å²) in [5.41, 5.74) is 2.03. The molecule has 0 radical (unpaired) electrons. The highest BCUT2D eigenvalue weighted by molar-refractivity contribution is 9.10. The van der Waals surface area contributed by atoms with Gasteiger partial charge in [-0.05, 0) is 11.1 Å². The van der Waals surface area contributed by atoms with Crippen LogP contribution >= 0.6 is 15.9 Å². The molecular formula is C8H6BrNO3. The molecule has 68 valence electrons. The second-order valence-corrected chi connectivity index (χ2v) is 3.67. The first-order valence-electron chi connectivity index (χ1n) is 3.72. The van der Waals surface area contributed by atoms with E-state index >= 15 is 0 Å². The van der Waals surface area contributed by atoms with E-state index in [1.807, 2.05) is 0 Å². The van der Waals surface area contributed by atoms with Crippen LogP contribution in [-0.2, 0) is 18.0 Å². The maximum absolute atomic E-state index is 10.5. The molecular weight excluding hydrogens is 238 g/mol. The number of nitrogens with zero attached hydrogens (tertiary/aromatic N) is 1. The molecule has 1 aromatic carbocycles. The third kappa shape index (κ3) is 1.45. The molecule has 0 saturated heterocycles. The normalized spacial score (nSPS) is 14.2. The zero-order valence-corrected chi connectivity index (χ0v) is 8.20. The lowest BCUT2D eigenvalue weighted by Gasteiger charge is -1.99. The first kappa shape index (κ1) is 8.65. The quantitative estimate of drug-likeness (QED) is 0.562. The fourth-order valence-corrected chi connectivity index (χ4v) is 1.94.